The van der Waals surface area contributed by atoms with E-state index in [1.807, 2.05) is 0 Å². The fourth-order valence-electron chi connectivity index (χ4n) is 2.81. The molecule has 0 unspecified atom stereocenters. The number of rotatable bonds is 3. The Balaban J connectivity index is 2.38. The van der Waals surface area contributed by atoms with E-state index in [-0.39, 0.29) is 10.8 Å². The highest BCUT2D eigenvalue weighted by Crippen LogP contribution is 2.33. The van der Waals surface area contributed by atoms with Crippen LogP contribution >= 0.6 is 0 Å². The lowest BCUT2D eigenvalue weighted by Crippen LogP contribution is -2.16. The molecule has 2 aromatic carbocycles. The zero-order chi connectivity index (χ0) is 18.1. The molecular formula is C23H31N. The fourth-order valence-corrected chi connectivity index (χ4v) is 2.81. The van der Waals surface area contributed by atoms with Crippen LogP contribution in [-0.4, -0.2) is 0 Å². The topological polar surface area (TPSA) is 3.24 Å². The van der Waals surface area contributed by atoms with Crippen LogP contribution in [0.1, 0.15) is 59.6 Å². The highest BCUT2D eigenvalue weighted by Gasteiger charge is 2.17. The van der Waals surface area contributed by atoms with Crippen molar-refractivity contribution >= 4 is 11.4 Å². The second-order valence-corrected chi connectivity index (χ2v) is 8.66. The van der Waals surface area contributed by atoms with Gasteiger partial charge in [0.05, 0.1) is 0 Å². The monoisotopic (exact) mass is 321 g/mol. The Bertz CT molecular complexity index is 634. The minimum absolute atomic E-state index is 0.168. The summed E-state index contributed by atoms with van der Waals surface area (Å²) in [6.07, 6.45) is 0. The SMILES string of the molecule is C=C(C)N(c1ccc(C(C)(C)C)cc1)c1ccc(C(C)(C)C)cc1. The highest BCUT2D eigenvalue weighted by atomic mass is 15.1. The molecular weight excluding hydrogens is 290 g/mol. The molecule has 1 heteroatoms. The third-order valence-corrected chi connectivity index (χ3v) is 4.36. The van der Waals surface area contributed by atoms with E-state index in [1.165, 1.54) is 11.1 Å². The number of allylic oxidation sites excluding steroid dienone is 1. The molecule has 0 saturated carbocycles. The molecule has 0 atom stereocenters. The van der Waals surface area contributed by atoms with E-state index in [0.29, 0.717) is 0 Å². The summed E-state index contributed by atoms with van der Waals surface area (Å²) >= 11 is 0. The minimum Gasteiger partial charge on any atom is -0.315 e. The Morgan fingerprint density at radius 3 is 1.17 bits per heavy atom. The van der Waals surface area contributed by atoms with Crippen LogP contribution in [0.25, 0.3) is 0 Å². The van der Waals surface area contributed by atoms with Gasteiger partial charge in [0.1, 0.15) is 0 Å². The van der Waals surface area contributed by atoms with Crippen molar-refractivity contribution in [3.8, 4) is 0 Å². The molecule has 0 bridgehead atoms. The van der Waals surface area contributed by atoms with Gasteiger partial charge in [0.2, 0.25) is 0 Å². The van der Waals surface area contributed by atoms with Gasteiger partial charge in [0, 0.05) is 17.1 Å². The molecule has 1 nitrogen and oxygen atoms in total. The zero-order valence-corrected chi connectivity index (χ0v) is 16.3. The van der Waals surface area contributed by atoms with Gasteiger partial charge < -0.3 is 4.90 Å². The van der Waals surface area contributed by atoms with Gasteiger partial charge in [0.15, 0.2) is 0 Å². The third kappa shape index (κ3) is 4.08. The Kier molecular flexibility index (Phi) is 4.94. The van der Waals surface area contributed by atoms with Crippen LogP contribution in [0.4, 0.5) is 11.4 Å². The minimum atomic E-state index is 0.168. The maximum atomic E-state index is 4.18. The number of benzene rings is 2. The van der Waals surface area contributed by atoms with Crippen LogP contribution < -0.4 is 4.90 Å². The molecule has 2 rings (SSSR count). The molecule has 24 heavy (non-hydrogen) atoms. The molecule has 0 aliphatic heterocycles. The van der Waals surface area contributed by atoms with Gasteiger partial charge in [-0.2, -0.15) is 0 Å². The standard InChI is InChI=1S/C23H31N/c1-17(2)24(20-13-9-18(10-14-20)22(3,4)5)21-15-11-19(12-16-21)23(6,7)8/h9-16H,1H2,2-8H3. The van der Waals surface area contributed by atoms with Gasteiger partial charge >= 0.3 is 0 Å². The molecule has 0 aliphatic rings. The fraction of sp³-hybridized carbons (Fsp3) is 0.391. The average Bonchev–Trinajstić information content (AvgIpc) is 2.46. The van der Waals surface area contributed by atoms with Gasteiger partial charge in [-0.3, -0.25) is 0 Å². The second-order valence-electron chi connectivity index (χ2n) is 8.66. The largest absolute Gasteiger partial charge is 0.315 e. The zero-order valence-electron chi connectivity index (χ0n) is 16.3. The van der Waals surface area contributed by atoms with Gasteiger partial charge in [-0.15, -0.1) is 0 Å². The summed E-state index contributed by atoms with van der Waals surface area (Å²) in [6, 6.07) is 17.6. The molecule has 2 aromatic rings. The number of hydrogen-bond acceptors (Lipinski definition) is 1. The van der Waals surface area contributed by atoms with E-state index in [2.05, 4.69) is 108 Å². The van der Waals surface area contributed by atoms with Crippen LogP contribution in [0, 0.1) is 0 Å². The van der Waals surface area contributed by atoms with Gasteiger partial charge in [-0.25, -0.2) is 0 Å². The smallest absolute Gasteiger partial charge is 0.0458 e. The maximum Gasteiger partial charge on any atom is 0.0458 e. The molecule has 0 aromatic heterocycles. The van der Waals surface area contributed by atoms with Crippen molar-refractivity contribution in [3.05, 3.63) is 71.9 Å². The van der Waals surface area contributed by atoms with E-state index in [1.54, 1.807) is 0 Å². The molecule has 0 saturated heterocycles. The van der Waals surface area contributed by atoms with Crippen molar-refractivity contribution in [1.82, 2.24) is 0 Å². The summed E-state index contributed by atoms with van der Waals surface area (Å²) in [5.74, 6) is 0. The van der Waals surface area contributed by atoms with E-state index in [9.17, 15) is 0 Å². The Morgan fingerprint density at radius 1 is 0.667 bits per heavy atom. The second kappa shape index (κ2) is 6.47. The Morgan fingerprint density at radius 2 is 0.958 bits per heavy atom. The summed E-state index contributed by atoms with van der Waals surface area (Å²) in [4.78, 5) is 2.21. The van der Waals surface area contributed by atoms with Crippen LogP contribution in [0.5, 0.6) is 0 Å². The highest BCUT2D eigenvalue weighted by molar-refractivity contribution is 5.68. The predicted octanol–water partition coefficient (Wildman–Crippen LogP) is 6.95. The lowest BCUT2D eigenvalue weighted by Gasteiger charge is -2.27. The van der Waals surface area contributed by atoms with E-state index < -0.39 is 0 Å². The molecule has 0 N–H and O–H groups in total. The van der Waals surface area contributed by atoms with Crippen molar-refractivity contribution in [2.45, 2.75) is 59.3 Å². The molecule has 0 fully saturated rings. The first-order valence-corrected chi connectivity index (χ1v) is 8.67. The lowest BCUT2D eigenvalue weighted by molar-refractivity contribution is 0.590. The van der Waals surface area contributed by atoms with Crippen LogP contribution in [0.2, 0.25) is 0 Å². The average molecular weight is 322 g/mol. The molecule has 128 valence electrons. The molecule has 0 radical (unpaired) electrons. The van der Waals surface area contributed by atoms with Crippen LogP contribution in [-0.2, 0) is 10.8 Å². The predicted molar refractivity (Wildman–Crippen MR) is 107 cm³/mol. The first-order valence-electron chi connectivity index (χ1n) is 8.67. The van der Waals surface area contributed by atoms with E-state index in [0.717, 1.165) is 17.1 Å². The van der Waals surface area contributed by atoms with Crippen molar-refractivity contribution < 1.29 is 0 Å². The number of nitrogens with zero attached hydrogens (tertiary/aromatic N) is 1. The van der Waals surface area contributed by atoms with E-state index in [4.69, 9.17) is 0 Å². The maximum absolute atomic E-state index is 4.18. The molecule has 0 spiro atoms. The first-order chi connectivity index (χ1) is 11.0. The van der Waals surface area contributed by atoms with Gasteiger partial charge in [-0.05, 0) is 53.1 Å². The number of anilines is 2. The van der Waals surface area contributed by atoms with Gasteiger partial charge in [0.25, 0.3) is 0 Å². The Hall–Kier alpha value is -2.02. The van der Waals surface area contributed by atoms with Crippen LogP contribution in [0.3, 0.4) is 0 Å². The quantitative estimate of drug-likeness (QED) is 0.591. The Labute approximate surface area is 148 Å². The van der Waals surface area contributed by atoms with Crippen LogP contribution in [0.15, 0.2) is 60.8 Å². The molecule has 0 heterocycles. The lowest BCUT2D eigenvalue weighted by atomic mass is 9.86. The van der Waals surface area contributed by atoms with Crippen molar-refractivity contribution in [1.29, 1.82) is 0 Å². The van der Waals surface area contributed by atoms with Gasteiger partial charge in [-0.1, -0.05) is 72.4 Å². The van der Waals surface area contributed by atoms with E-state index >= 15 is 0 Å². The summed E-state index contributed by atoms with van der Waals surface area (Å²) < 4.78 is 0. The van der Waals surface area contributed by atoms with Crippen molar-refractivity contribution in [2.75, 3.05) is 4.90 Å². The first kappa shape index (κ1) is 18.3. The van der Waals surface area contributed by atoms with Crippen molar-refractivity contribution in [3.63, 3.8) is 0 Å². The number of hydrogen-bond donors (Lipinski definition) is 0. The van der Waals surface area contributed by atoms with Crippen molar-refractivity contribution in [2.24, 2.45) is 0 Å². The molecule has 0 amide bonds. The normalized spacial score (nSPS) is 12.1. The summed E-state index contributed by atoms with van der Waals surface area (Å²) in [7, 11) is 0. The third-order valence-electron chi connectivity index (χ3n) is 4.36. The molecule has 0 aliphatic carbocycles. The summed E-state index contributed by atoms with van der Waals surface area (Å²) in [5, 5.41) is 0. The summed E-state index contributed by atoms with van der Waals surface area (Å²) in [6.45, 7) is 19.7. The summed E-state index contributed by atoms with van der Waals surface area (Å²) in [5.41, 5.74) is 6.34.